The molecule has 0 aliphatic heterocycles. The molecule has 2 aromatic carbocycles. The first-order chi connectivity index (χ1) is 11.2. The molecule has 1 amide bonds. The van der Waals surface area contributed by atoms with Crippen molar-refractivity contribution in [3.8, 4) is 5.75 Å². The first kappa shape index (κ1) is 17.2. The second-order valence-corrected chi connectivity index (χ2v) is 5.51. The van der Waals surface area contributed by atoms with Gasteiger partial charge in [-0.15, -0.1) is 0 Å². The molecule has 0 aliphatic carbocycles. The zero-order valence-corrected chi connectivity index (χ0v) is 13.9. The molecule has 0 spiro atoms. The summed E-state index contributed by atoms with van der Waals surface area (Å²) in [7, 11) is 1.64. The van der Waals surface area contributed by atoms with Crippen LogP contribution < -0.4 is 15.4 Å². The quantitative estimate of drug-likeness (QED) is 0.777. The van der Waals surface area contributed by atoms with Gasteiger partial charge in [-0.05, 0) is 36.2 Å². The Balaban J connectivity index is 1.64. The molecule has 4 nitrogen and oxygen atoms in total. The first-order valence-corrected chi connectivity index (χ1v) is 7.95. The predicted octanol–water partition coefficient (Wildman–Crippen LogP) is 3.51. The molecule has 122 valence electrons. The summed E-state index contributed by atoms with van der Waals surface area (Å²) in [6.07, 6.45) is 1.21. The van der Waals surface area contributed by atoms with Crippen LogP contribution in [0.1, 0.15) is 12.0 Å². The summed E-state index contributed by atoms with van der Waals surface area (Å²) in [5.74, 6) is 0.862. The van der Waals surface area contributed by atoms with Gasteiger partial charge in [-0.25, -0.2) is 0 Å². The second-order valence-electron chi connectivity index (χ2n) is 5.10. The van der Waals surface area contributed by atoms with Gasteiger partial charge in [0.15, 0.2) is 0 Å². The predicted molar refractivity (Wildman–Crippen MR) is 94.3 cm³/mol. The van der Waals surface area contributed by atoms with Crippen molar-refractivity contribution in [2.45, 2.75) is 12.8 Å². The van der Waals surface area contributed by atoms with E-state index >= 15 is 0 Å². The Morgan fingerprint density at radius 3 is 2.52 bits per heavy atom. The van der Waals surface area contributed by atoms with Gasteiger partial charge < -0.3 is 15.4 Å². The fourth-order valence-corrected chi connectivity index (χ4v) is 2.34. The number of hydrogen-bond acceptors (Lipinski definition) is 3. The zero-order chi connectivity index (χ0) is 16.5. The van der Waals surface area contributed by atoms with Gasteiger partial charge in [0.05, 0.1) is 17.8 Å². The molecule has 23 heavy (non-hydrogen) atoms. The molecule has 0 fully saturated rings. The van der Waals surface area contributed by atoms with E-state index in [0.717, 1.165) is 17.9 Å². The van der Waals surface area contributed by atoms with Crippen LogP contribution in [0, 0.1) is 0 Å². The monoisotopic (exact) mass is 332 g/mol. The van der Waals surface area contributed by atoms with Gasteiger partial charge in [-0.3, -0.25) is 4.79 Å². The molecule has 0 unspecified atom stereocenters. The van der Waals surface area contributed by atoms with Gasteiger partial charge in [0.1, 0.15) is 5.75 Å². The average Bonchev–Trinajstić information content (AvgIpc) is 2.57. The number of hydrogen-bond donors (Lipinski definition) is 2. The molecule has 0 saturated heterocycles. The maximum absolute atomic E-state index is 11.8. The number of methoxy groups -OCH3 is 1. The van der Waals surface area contributed by atoms with Gasteiger partial charge >= 0.3 is 0 Å². The summed E-state index contributed by atoms with van der Waals surface area (Å²) in [5.41, 5.74) is 2.01. The fraction of sp³-hybridized carbons (Fsp3) is 0.278. The largest absolute Gasteiger partial charge is 0.497 e. The number of carbonyl (C=O) groups is 1. The van der Waals surface area contributed by atoms with Gasteiger partial charge in [0.2, 0.25) is 5.91 Å². The van der Waals surface area contributed by atoms with E-state index in [1.165, 1.54) is 5.56 Å². The van der Waals surface area contributed by atoms with Crippen LogP contribution in [0.15, 0.2) is 48.5 Å². The summed E-state index contributed by atoms with van der Waals surface area (Å²) in [6, 6.07) is 15.3. The van der Waals surface area contributed by atoms with E-state index in [1.54, 1.807) is 7.11 Å². The smallest absolute Gasteiger partial charge is 0.221 e. The molecule has 0 aliphatic rings. The SMILES string of the molecule is COc1ccc(CCNC(=O)CCNc2ccccc2Cl)cc1. The van der Waals surface area contributed by atoms with E-state index in [9.17, 15) is 4.79 Å². The molecule has 0 aromatic heterocycles. The Morgan fingerprint density at radius 2 is 1.83 bits per heavy atom. The maximum atomic E-state index is 11.8. The maximum Gasteiger partial charge on any atom is 0.221 e. The molecule has 0 bridgehead atoms. The molecule has 5 heteroatoms. The van der Waals surface area contributed by atoms with E-state index < -0.39 is 0 Å². The Morgan fingerprint density at radius 1 is 1.09 bits per heavy atom. The lowest BCUT2D eigenvalue weighted by molar-refractivity contribution is -0.120. The lowest BCUT2D eigenvalue weighted by Gasteiger charge is -2.09. The molecule has 2 N–H and O–H groups in total. The zero-order valence-electron chi connectivity index (χ0n) is 13.1. The number of ether oxygens (including phenoxy) is 1. The van der Waals surface area contributed by atoms with Crippen molar-refractivity contribution >= 4 is 23.2 Å². The van der Waals surface area contributed by atoms with Crippen LogP contribution in [0.4, 0.5) is 5.69 Å². The van der Waals surface area contributed by atoms with Gasteiger partial charge in [0.25, 0.3) is 0 Å². The van der Waals surface area contributed by atoms with Crippen LogP contribution in [0.25, 0.3) is 0 Å². The molecule has 0 atom stereocenters. The average molecular weight is 333 g/mol. The number of benzene rings is 2. The second kappa shape index (κ2) is 9.06. The van der Waals surface area contributed by atoms with Crippen molar-refractivity contribution in [2.75, 3.05) is 25.5 Å². The minimum atomic E-state index is 0.0260. The molecule has 0 saturated carbocycles. The molecule has 0 heterocycles. The molecular formula is C18H21ClN2O2. The molecule has 2 rings (SSSR count). The van der Waals surface area contributed by atoms with Crippen LogP contribution in [0.5, 0.6) is 5.75 Å². The number of halogens is 1. The third-order valence-corrected chi connectivity index (χ3v) is 3.77. The number of nitrogens with one attached hydrogen (secondary N) is 2. The summed E-state index contributed by atoms with van der Waals surface area (Å²) in [4.78, 5) is 11.8. The number of rotatable bonds is 8. The highest BCUT2D eigenvalue weighted by Crippen LogP contribution is 2.20. The van der Waals surface area contributed by atoms with Crippen molar-refractivity contribution in [2.24, 2.45) is 0 Å². The molecule has 0 radical (unpaired) electrons. The summed E-state index contributed by atoms with van der Waals surface area (Å²) < 4.78 is 5.11. The molecular weight excluding hydrogens is 312 g/mol. The molecule has 2 aromatic rings. The minimum Gasteiger partial charge on any atom is -0.497 e. The number of amides is 1. The van der Waals surface area contributed by atoms with Gasteiger partial charge in [0, 0.05) is 19.5 Å². The van der Waals surface area contributed by atoms with Crippen LogP contribution >= 0.6 is 11.6 Å². The topological polar surface area (TPSA) is 50.4 Å². The van der Waals surface area contributed by atoms with Crippen LogP contribution in [-0.4, -0.2) is 26.1 Å². The third kappa shape index (κ3) is 5.83. The van der Waals surface area contributed by atoms with E-state index in [4.69, 9.17) is 16.3 Å². The number of para-hydroxylation sites is 1. The highest BCUT2D eigenvalue weighted by molar-refractivity contribution is 6.33. The van der Waals surface area contributed by atoms with Gasteiger partial charge in [-0.2, -0.15) is 0 Å². The Kier molecular flexibility index (Phi) is 6.76. The lowest BCUT2D eigenvalue weighted by atomic mass is 10.1. The highest BCUT2D eigenvalue weighted by atomic mass is 35.5. The number of carbonyl (C=O) groups excluding carboxylic acids is 1. The highest BCUT2D eigenvalue weighted by Gasteiger charge is 2.03. The van der Waals surface area contributed by atoms with Crippen molar-refractivity contribution in [3.05, 3.63) is 59.1 Å². The minimum absolute atomic E-state index is 0.0260. The lowest BCUT2D eigenvalue weighted by Crippen LogP contribution is -2.27. The van der Waals surface area contributed by atoms with E-state index in [2.05, 4.69) is 10.6 Å². The first-order valence-electron chi connectivity index (χ1n) is 7.57. The van der Waals surface area contributed by atoms with Crippen LogP contribution in [-0.2, 0) is 11.2 Å². The van der Waals surface area contributed by atoms with E-state index in [-0.39, 0.29) is 5.91 Å². The summed E-state index contributed by atoms with van der Waals surface area (Å²) >= 11 is 6.04. The van der Waals surface area contributed by atoms with Crippen molar-refractivity contribution in [1.29, 1.82) is 0 Å². The van der Waals surface area contributed by atoms with Crippen molar-refractivity contribution < 1.29 is 9.53 Å². The standard InChI is InChI=1S/C18H21ClN2O2/c1-23-15-8-6-14(7-9-15)10-12-21-18(22)11-13-20-17-5-3-2-4-16(17)19/h2-9,20H,10-13H2,1H3,(H,21,22). The Bertz CT molecular complexity index is 629. The third-order valence-electron chi connectivity index (χ3n) is 3.44. The normalized spacial score (nSPS) is 10.2. The van der Waals surface area contributed by atoms with Crippen molar-refractivity contribution in [3.63, 3.8) is 0 Å². The van der Waals surface area contributed by atoms with Crippen molar-refractivity contribution in [1.82, 2.24) is 5.32 Å². The Labute approximate surface area is 141 Å². The fourth-order valence-electron chi connectivity index (χ4n) is 2.14. The summed E-state index contributed by atoms with van der Waals surface area (Å²) in [6.45, 7) is 1.18. The van der Waals surface area contributed by atoms with E-state index in [1.807, 2.05) is 48.5 Å². The van der Waals surface area contributed by atoms with Gasteiger partial charge in [-0.1, -0.05) is 35.9 Å². The van der Waals surface area contributed by atoms with E-state index in [0.29, 0.717) is 24.5 Å². The number of anilines is 1. The summed E-state index contributed by atoms with van der Waals surface area (Å²) in [5, 5.41) is 6.74. The van der Waals surface area contributed by atoms with Crippen LogP contribution in [0.3, 0.4) is 0 Å². The van der Waals surface area contributed by atoms with Crippen LogP contribution in [0.2, 0.25) is 5.02 Å². The Hall–Kier alpha value is -2.20.